The molecule has 0 bridgehead atoms. The predicted molar refractivity (Wildman–Crippen MR) is 170 cm³/mol. The van der Waals surface area contributed by atoms with Crippen LogP contribution in [0.25, 0.3) is 0 Å². The first-order chi connectivity index (χ1) is 22.2. The number of carbonyl (C=O) groups is 3. The molecule has 1 saturated carbocycles. The van der Waals surface area contributed by atoms with E-state index in [0.29, 0.717) is 55.8 Å². The summed E-state index contributed by atoms with van der Waals surface area (Å²) in [5.41, 5.74) is 1.56. The smallest absolute Gasteiger partial charge is 0.321 e. The number of carbonyl (C=O) groups excluding carboxylic acids is 3. The van der Waals surface area contributed by atoms with Crippen molar-refractivity contribution in [3.63, 3.8) is 0 Å². The lowest BCUT2D eigenvalue weighted by Crippen LogP contribution is -2.59. The summed E-state index contributed by atoms with van der Waals surface area (Å²) < 4.78 is 48.4. The van der Waals surface area contributed by atoms with Crippen LogP contribution in [0, 0.1) is 17.7 Å². The van der Waals surface area contributed by atoms with Gasteiger partial charge in [-0.1, -0.05) is 50.0 Å². The zero-order chi connectivity index (χ0) is 34.5. The number of hydrogen-bond donors (Lipinski definition) is 3. The molecule has 2 aliphatic rings. The van der Waals surface area contributed by atoms with Crippen LogP contribution < -0.4 is 16.0 Å². The third-order valence-electron chi connectivity index (χ3n) is 9.77. The molecule has 2 fully saturated rings. The van der Waals surface area contributed by atoms with Crippen molar-refractivity contribution in [2.24, 2.45) is 11.8 Å². The number of hydrogen-bond acceptors (Lipinski definition) is 8. The van der Waals surface area contributed by atoms with Gasteiger partial charge < -0.3 is 20.4 Å². The van der Waals surface area contributed by atoms with Gasteiger partial charge in [-0.2, -0.15) is 8.78 Å². The summed E-state index contributed by atoms with van der Waals surface area (Å²) in [5.74, 6) is -7.22. The second kappa shape index (κ2) is 15.6. The third-order valence-corrected chi connectivity index (χ3v) is 9.77. The van der Waals surface area contributed by atoms with Crippen LogP contribution in [0.15, 0.2) is 22.8 Å². The summed E-state index contributed by atoms with van der Waals surface area (Å²) in [4.78, 5) is 43.3. The number of aryl methyl sites for hydroxylation is 1. The molecule has 4 rings (SSSR count). The Balaban J connectivity index is 1.52. The normalized spacial score (nSPS) is 22.7. The Morgan fingerprint density at radius 2 is 1.77 bits per heavy atom. The lowest BCUT2D eigenvalue weighted by atomic mass is 9.79. The number of anilines is 1. The van der Waals surface area contributed by atoms with E-state index in [9.17, 15) is 23.2 Å². The number of amides is 3. The Morgan fingerprint density at radius 3 is 2.38 bits per heavy atom. The molecule has 2 aromatic rings. The van der Waals surface area contributed by atoms with Gasteiger partial charge in [-0.25, -0.2) is 9.02 Å². The van der Waals surface area contributed by atoms with Crippen molar-refractivity contribution in [2.45, 2.75) is 103 Å². The molecule has 0 spiro atoms. The van der Waals surface area contributed by atoms with Crippen LogP contribution in [0.1, 0.15) is 83.2 Å². The number of aromatic nitrogens is 2. The van der Waals surface area contributed by atoms with Crippen LogP contribution in [0.4, 0.5) is 18.9 Å². The predicted octanol–water partition coefficient (Wildman–Crippen LogP) is 4.10. The second-order valence-electron chi connectivity index (χ2n) is 13.4. The summed E-state index contributed by atoms with van der Waals surface area (Å²) in [6, 6.07) is 2.15. The molecule has 4 atom stereocenters. The maximum atomic E-state index is 15.6. The van der Waals surface area contributed by atoms with E-state index in [1.165, 1.54) is 18.2 Å². The first kappa shape index (κ1) is 36.3. The van der Waals surface area contributed by atoms with Gasteiger partial charge in [0.2, 0.25) is 11.8 Å². The Kier molecular flexibility index (Phi) is 12.0. The highest BCUT2D eigenvalue weighted by molar-refractivity contribution is 5.95. The maximum Gasteiger partial charge on any atom is 0.321 e. The summed E-state index contributed by atoms with van der Waals surface area (Å²) in [7, 11) is 1.93. The molecule has 1 aliphatic carbocycles. The molecular formula is C33H48F3N7O4. The molecule has 1 aliphatic heterocycles. The zero-order valence-electron chi connectivity index (χ0n) is 28.1. The highest BCUT2D eigenvalue weighted by Gasteiger charge is 2.40. The van der Waals surface area contributed by atoms with E-state index in [0.717, 1.165) is 25.7 Å². The van der Waals surface area contributed by atoms with Gasteiger partial charge in [0.05, 0.1) is 11.7 Å². The van der Waals surface area contributed by atoms with Crippen LogP contribution in [0.2, 0.25) is 0 Å². The van der Waals surface area contributed by atoms with Gasteiger partial charge in [-0.05, 0) is 62.8 Å². The average molecular weight is 664 g/mol. The highest BCUT2D eigenvalue weighted by atomic mass is 19.3. The molecule has 260 valence electrons. The van der Waals surface area contributed by atoms with E-state index in [-0.39, 0.29) is 24.2 Å². The molecule has 2 heterocycles. The molecule has 1 aromatic heterocycles. The molecule has 3 N–H and O–H groups in total. The van der Waals surface area contributed by atoms with Crippen LogP contribution >= 0.6 is 0 Å². The molecule has 1 aromatic carbocycles. The largest absolute Gasteiger partial charge is 0.339 e. The summed E-state index contributed by atoms with van der Waals surface area (Å²) in [6.07, 6.45) is 4.27. The quantitative estimate of drug-likeness (QED) is 0.309. The van der Waals surface area contributed by atoms with Crippen molar-refractivity contribution in [1.29, 1.82) is 0 Å². The SMILES string of the molecule is CCc1nonc1CN[C@H](C(=O)Nc1ccc([C@H](C)[C@@H](NC(=O)C(C)(F)F)C(=O)N2CCN(C)[C@@H](C)C2)cc1F)[C@H]1CC[C@H](C)CC1. The number of halogens is 3. The molecule has 1 saturated heterocycles. The lowest BCUT2D eigenvalue weighted by molar-refractivity contribution is -0.148. The fourth-order valence-corrected chi connectivity index (χ4v) is 6.36. The minimum Gasteiger partial charge on any atom is -0.339 e. The van der Waals surface area contributed by atoms with Gasteiger partial charge in [0.25, 0.3) is 5.91 Å². The van der Waals surface area contributed by atoms with Gasteiger partial charge in [0.15, 0.2) is 0 Å². The number of piperazine rings is 1. The van der Waals surface area contributed by atoms with E-state index in [4.69, 9.17) is 4.63 Å². The van der Waals surface area contributed by atoms with Gasteiger partial charge in [-0.15, -0.1) is 0 Å². The molecule has 3 amide bonds. The first-order valence-corrected chi connectivity index (χ1v) is 16.5. The van der Waals surface area contributed by atoms with Crippen LogP contribution in [-0.4, -0.2) is 88.6 Å². The van der Waals surface area contributed by atoms with Crippen molar-refractivity contribution in [2.75, 3.05) is 32.0 Å². The van der Waals surface area contributed by atoms with Gasteiger partial charge in [-0.3, -0.25) is 19.7 Å². The first-order valence-electron chi connectivity index (χ1n) is 16.5. The lowest BCUT2D eigenvalue weighted by Gasteiger charge is -2.40. The monoisotopic (exact) mass is 663 g/mol. The van der Waals surface area contributed by atoms with Crippen molar-refractivity contribution in [1.82, 2.24) is 30.7 Å². The van der Waals surface area contributed by atoms with Crippen LogP contribution in [0.5, 0.6) is 0 Å². The Bertz CT molecular complexity index is 1390. The van der Waals surface area contributed by atoms with Crippen molar-refractivity contribution in [3.8, 4) is 0 Å². The number of benzene rings is 1. The molecule has 0 unspecified atom stereocenters. The van der Waals surface area contributed by atoms with E-state index >= 15 is 4.39 Å². The molecule has 0 radical (unpaired) electrons. The minimum atomic E-state index is -3.71. The van der Waals surface area contributed by atoms with Gasteiger partial charge in [0, 0.05) is 45.1 Å². The van der Waals surface area contributed by atoms with Gasteiger partial charge >= 0.3 is 5.92 Å². The summed E-state index contributed by atoms with van der Waals surface area (Å²) in [6.45, 7) is 9.68. The van der Waals surface area contributed by atoms with E-state index in [2.05, 4.69) is 38.1 Å². The van der Waals surface area contributed by atoms with E-state index < -0.39 is 47.5 Å². The van der Waals surface area contributed by atoms with E-state index in [1.54, 1.807) is 11.8 Å². The Morgan fingerprint density at radius 1 is 1.09 bits per heavy atom. The topological polar surface area (TPSA) is 133 Å². The molecule has 47 heavy (non-hydrogen) atoms. The van der Waals surface area contributed by atoms with Crippen LogP contribution in [0.3, 0.4) is 0 Å². The van der Waals surface area contributed by atoms with E-state index in [1.807, 2.05) is 20.9 Å². The average Bonchev–Trinajstić information content (AvgIpc) is 3.49. The highest BCUT2D eigenvalue weighted by Crippen LogP contribution is 2.32. The fraction of sp³-hybridized carbons (Fsp3) is 0.667. The standard InChI is InChI=1S/C33H48F3N7O4/c1-7-25-27(41-47-40-25)17-37-29(22-10-8-19(2)9-11-22)30(44)38-26-13-12-23(16-24(26)34)21(4)28(39-32(46)33(5,35)36)31(45)43-15-14-42(6)20(3)18-43/h12-13,16,19-22,28-29,37H,7-11,14-15,17-18H2,1-6H3,(H,38,44)(H,39,46)/t19-,20-,21-,22-,28+,29-/m0/s1. The number of nitrogens with zero attached hydrogens (tertiary/aromatic N) is 4. The fourth-order valence-electron chi connectivity index (χ4n) is 6.36. The summed E-state index contributed by atoms with van der Waals surface area (Å²) >= 11 is 0. The van der Waals surface area contributed by atoms with Crippen molar-refractivity contribution < 1.29 is 32.2 Å². The number of alkyl halides is 2. The Labute approximate surface area is 274 Å². The zero-order valence-corrected chi connectivity index (χ0v) is 28.1. The van der Waals surface area contributed by atoms with Gasteiger partial charge in [0.1, 0.15) is 23.2 Å². The maximum absolute atomic E-state index is 15.6. The van der Waals surface area contributed by atoms with Crippen molar-refractivity contribution >= 4 is 23.4 Å². The van der Waals surface area contributed by atoms with Crippen molar-refractivity contribution in [3.05, 3.63) is 41.0 Å². The second-order valence-corrected chi connectivity index (χ2v) is 13.4. The Hall–Kier alpha value is -3.52. The molecular weight excluding hydrogens is 615 g/mol. The third kappa shape index (κ3) is 9.10. The molecule has 14 heteroatoms. The van der Waals surface area contributed by atoms with Crippen LogP contribution in [-0.2, 0) is 27.3 Å². The minimum absolute atomic E-state index is 0.0304. The number of likely N-dealkylation sites (N-methyl/N-ethyl adjacent to an activating group) is 1. The summed E-state index contributed by atoms with van der Waals surface area (Å²) in [5, 5.41) is 16.1. The molecule has 11 nitrogen and oxygen atoms in total. The number of rotatable bonds is 12. The number of nitrogens with one attached hydrogen (secondary N) is 3.